The summed E-state index contributed by atoms with van der Waals surface area (Å²) in [7, 11) is 1.09. The SMILES string of the molecule is COC(=O)/C=C/c1ccccc1OC(=O)C(F)(F)C(F)(F)F. The Kier molecular flexibility index (Phi) is 5.23. The van der Waals surface area contributed by atoms with Crippen LogP contribution >= 0.6 is 0 Å². The molecule has 1 aromatic rings. The maximum atomic E-state index is 12.8. The van der Waals surface area contributed by atoms with Gasteiger partial charge >= 0.3 is 24.0 Å². The van der Waals surface area contributed by atoms with Gasteiger partial charge < -0.3 is 9.47 Å². The van der Waals surface area contributed by atoms with E-state index in [-0.39, 0.29) is 5.56 Å². The van der Waals surface area contributed by atoms with Gasteiger partial charge in [0.2, 0.25) is 0 Å². The fourth-order valence-electron chi connectivity index (χ4n) is 1.22. The third-order valence-corrected chi connectivity index (χ3v) is 2.33. The molecule has 0 aliphatic heterocycles. The van der Waals surface area contributed by atoms with Crippen LogP contribution in [0.2, 0.25) is 0 Å². The number of hydrogen-bond acceptors (Lipinski definition) is 4. The number of rotatable bonds is 4. The largest absolute Gasteiger partial charge is 0.466 e. The van der Waals surface area contributed by atoms with Crippen LogP contribution in [0.5, 0.6) is 5.75 Å². The van der Waals surface area contributed by atoms with E-state index in [1.54, 1.807) is 0 Å². The van der Waals surface area contributed by atoms with Gasteiger partial charge in [-0.25, -0.2) is 9.59 Å². The molecule has 0 unspecified atom stereocenters. The normalized spacial score (nSPS) is 12.3. The van der Waals surface area contributed by atoms with E-state index in [0.29, 0.717) is 0 Å². The first kappa shape index (κ1) is 17.6. The lowest BCUT2D eigenvalue weighted by Crippen LogP contribution is -2.46. The Morgan fingerprint density at radius 1 is 1.09 bits per heavy atom. The van der Waals surface area contributed by atoms with Gasteiger partial charge in [0.1, 0.15) is 5.75 Å². The van der Waals surface area contributed by atoms with E-state index in [4.69, 9.17) is 0 Å². The number of methoxy groups -OCH3 is 1. The number of ether oxygens (including phenoxy) is 2. The van der Waals surface area contributed by atoms with Gasteiger partial charge in [0.05, 0.1) is 7.11 Å². The quantitative estimate of drug-likeness (QED) is 0.370. The summed E-state index contributed by atoms with van der Waals surface area (Å²) in [6.07, 6.45) is -4.14. The zero-order chi connectivity index (χ0) is 17.0. The van der Waals surface area contributed by atoms with E-state index in [1.165, 1.54) is 18.2 Å². The van der Waals surface area contributed by atoms with Gasteiger partial charge in [-0.3, -0.25) is 0 Å². The minimum absolute atomic E-state index is 0.0563. The van der Waals surface area contributed by atoms with E-state index < -0.39 is 29.8 Å². The second kappa shape index (κ2) is 6.54. The highest BCUT2D eigenvalue weighted by Gasteiger charge is 2.65. The third-order valence-electron chi connectivity index (χ3n) is 2.33. The summed E-state index contributed by atoms with van der Waals surface area (Å²) >= 11 is 0. The number of carbonyl (C=O) groups excluding carboxylic acids is 2. The fourth-order valence-corrected chi connectivity index (χ4v) is 1.22. The van der Waals surface area contributed by atoms with Gasteiger partial charge in [-0.1, -0.05) is 18.2 Å². The van der Waals surface area contributed by atoms with E-state index in [1.807, 2.05) is 0 Å². The molecular formula is C13H9F5O4. The zero-order valence-corrected chi connectivity index (χ0v) is 11.0. The average molecular weight is 324 g/mol. The summed E-state index contributed by atoms with van der Waals surface area (Å²) in [6, 6.07) is 4.90. The van der Waals surface area contributed by atoms with E-state index in [9.17, 15) is 31.5 Å². The van der Waals surface area contributed by atoms with Crippen molar-refractivity contribution in [1.29, 1.82) is 0 Å². The Labute approximate surface area is 121 Å². The van der Waals surface area contributed by atoms with Gasteiger partial charge in [0.25, 0.3) is 0 Å². The zero-order valence-electron chi connectivity index (χ0n) is 11.0. The molecule has 1 aromatic carbocycles. The van der Waals surface area contributed by atoms with Crippen LogP contribution in [0, 0.1) is 0 Å². The molecule has 0 fully saturated rings. The van der Waals surface area contributed by atoms with E-state index >= 15 is 0 Å². The average Bonchev–Trinajstić information content (AvgIpc) is 2.44. The molecule has 9 heteroatoms. The van der Waals surface area contributed by atoms with Crippen molar-refractivity contribution >= 4 is 18.0 Å². The predicted molar refractivity (Wildman–Crippen MR) is 64.1 cm³/mol. The second-order valence-corrected chi connectivity index (χ2v) is 3.86. The second-order valence-electron chi connectivity index (χ2n) is 3.86. The van der Waals surface area contributed by atoms with Gasteiger partial charge in [0, 0.05) is 11.6 Å². The molecule has 0 aliphatic rings. The highest BCUT2D eigenvalue weighted by molar-refractivity contribution is 5.88. The Morgan fingerprint density at radius 2 is 1.68 bits per heavy atom. The maximum Gasteiger partial charge on any atom is 0.465 e. The summed E-state index contributed by atoms with van der Waals surface area (Å²) in [6.45, 7) is 0. The Morgan fingerprint density at radius 3 is 2.23 bits per heavy atom. The standard InChI is InChI=1S/C13H9F5O4/c1-21-10(19)7-6-8-4-2-3-5-9(8)22-11(20)12(14,15)13(16,17)18/h2-7H,1H3/b7-6+. The summed E-state index contributed by atoms with van der Waals surface area (Å²) in [5.74, 6) is -9.76. The molecule has 0 saturated heterocycles. The molecule has 120 valence electrons. The molecule has 0 amide bonds. The third kappa shape index (κ3) is 4.03. The molecule has 0 spiro atoms. The molecule has 0 N–H and O–H groups in total. The summed E-state index contributed by atoms with van der Waals surface area (Å²) in [5, 5.41) is 0. The van der Waals surface area contributed by atoms with Crippen LogP contribution in [-0.2, 0) is 14.3 Å². The van der Waals surface area contributed by atoms with Crippen molar-refractivity contribution in [3.05, 3.63) is 35.9 Å². The maximum absolute atomic E-state index is 12.8. The van der Waals surface area contributed by atoms with Crippen molar-refractivity contribution in [3.8, 4) is 5.75 Å². The number of halogens is 5. The van der Waals surface area contributed by atoms with Crippen LogP contribution < -0.4 is 4.74 Å². The highest BCUT2D eigenvalue weighted by Crippen LogP contribution is 2.37. The van der Waals surface area contributed by atoms with Crippen molar-refractivity contribution in [2.45, 2.75) is 12.1 Å². The van der Waals surface area contributed by atoms with Crippen LogP contribution in [0.25, 0.3) is 6.08 Å². The summed E-state index contributed by atoms with van der Waals surface area (Å²) in [4.78, 5) is 21.9. The first-order chi connectivity index (χ1) is 10.1. The predicted octanol–water partition coefficient (Wildman–Crippen LogP) is 2.98. The lowest BCUT2D eigenvalue weighted by atomic mass is 10.2. The number of para-hydroxylation sites is 1. The Balaban J connectivity index is 3.02. The summed E-state index contributed by atoms with van der Waals surface area (Å²) < 4.78 is 70.2. The first-order valence-corrected chi connectivity index (χ1v) is 5.61. The van der Waals surface area contributed by atoms with Crippen LogP contribution in [0.3, 0.4) is 0 Å². The van der Waals surface area contributed by atoms with Crippen molar-refractivity contribution < 1.29 is 41.0 Å². The molecular weight excluding hydrogens is 315 g/mol. The van der Waals surface area contributed by atoms with Gasteiger partial charge in [-0.05, 0) is 12.1 Å². The number of hydrogen-bond donors (Lipinski definition) is 0. The molecule has 0 aliphatic carbocycles. The molecule has 0 bridgehead atoms. The van der Waals surface area contributed by atoms with Gasteiger partial charge in [0.15, 0.2) is 0 Å². The van der Waals surface area contributed by atoms with Crippen molar-refractivity contribution in [2.75, 3.05) is 7.11 Å². The molecule has 0 heterocycles. The van der Waals surface area contributed by atoms with Crippen molar-refractivity contribution in [3.63, 3.8) is 0 Å². The van der Waals surface area contributed by atoms with Gasteiger partial charge in [-0.15, -0.1) is 0 Å². The van der Waals surface area contributed by atoms with E-state index in [0.717, 1.165) is 25.3 Å². The van der Waals surface area contributed by atoms with Crippen LogP contribution in [0.1, 0.15) is 5.56 Å². The Hall–Kier alpha value is -2.45. The molecule has 1 rings (SSSR count). The molecule has 0 aromatic heterocycles. The van der Waals surface area contributed by atoms with Crippen LogP contribution in [0.15, 0.2) is 30.3 Å². The fraction of sp³-hybridized carbons (Fsp3) is 0.231. The summed E-state index contributed by atoms with van der Waals surface area (Å²) in [5.41, 5.74) is -0.0563. The molecule has 0 radical (unpaired) electrons. The van der Waals surface area contributed by atoms with Gasteiger partial charge in [-0.2, -0.15) is 22.0 Å². The number of alkyl halides is 5. The first-order valence-electron chi connectivity index (χ1n) is 5.61. The van der Waals surface area contributed by atoms with Crippen molar-refractivity contribution in [2.24, 2.45) is 0 Å². The van der Waals surface area contributed by atoms with Crippen LogP contribution in [-0.4, -0.2) is 31.1 Å². The van der Waals surface area contributed by atoms with Crippen molar-refractivity contribution in [1.82, 2.24) is 0 Å². The highest BCUT2D eigenvalue weighted by atomic mass is 19.4. The molecule has 0 atom stereocenters. The molecule has 22 heavy (non-hydrogen) atoms. The minimum atomic E-state index is -6.07. The number of esters is 2. The lowest BCUT2D eigenvalue weighted by molar-refractivity contribution is -0.276. The number of benzene rings is 1. The molecule has 0 saturated carbocycles. The number of carbonyl (C=O) groups is 2. The molecule has 4 nitrogen and oxygen atoms in total. The smallest absolute Gasteiger partial charge is 0.465 e. The topological polar surface area (TPSA) is 52.6 Å². The monoisotopic (exact) mass is 324 g/mol. The van der Waals surface area contributed by atoms with Crippen LogP contribution in [0.4, 0.5) is 22.0 Å². The van der Waals surface area contributed by atoms with E-state index in [2.05, 4.69) is 9.47 Å². The lowest BCUT2D eigenvalue weighted by Gasteiger charge is -2.18. The Bertz CT molecular complexity index is 592. The minimum Gasteiger partial charge on any atom is -0.466 e.